The Morgan fingerprint density at radius 1 is 1.04 bits per heavy atom. The van der Waals surface area contributed by atoms with Crippen molar-refractivity contribution in [2.75, 3.05) is 39.8 Å². The number of hydrogen-bond donors (Lipinski definition) is 2. The molecular formula is C19H42IN5. The molecule has 0 saturated carbocycles. The molecule has 0 aromatic rings. The topological polar surface area (TPSA) is 56.9 Å². The number of guanidine groups is 1. The van der Waals surface area contributed by atoms with Gasteiger partial charge in [0.05, 0.1) is 6.54 Å². The minimum Gasteiger partial charge on any atom is -0.370 e. The van der Waals surface area contributed by atoms with Crippen LogP contribution < -0.4 is 11.1 Å². The molecule has 0 aromatic heterocycles. The van der Waals surface area contributed by atoms with Crippen molar-refractivity contribution in [3.05, 3.63) is 0 Å². The minimum absolute atomic E-state index is 0. The highest BCUT2D eigenvalue weighted by Gasteiger charge is 2.24. The van der Waals surface area contributed by atoms with Gasteiger partial charge in [-0.15, -0.1) is 24.0 Å². The zero-order valence-electron chi connectivity index (χ0n) is 17.3. The van der Waals surface area contributed by atoms with Gasteiger partial charge in [0.2, 0.25) is 0 Å². The normalized spacial score (nSPS) is 19.8. The van der Waals surface area contributed by atoms with E-state index in [0.717, 1.165) is 45.1 Å². The van der Waals surface area contributed by atoms with Gasteiger partial charge in [0, 0.05) is 38.3 Å². The molecule has 0 amide bonds. The summed E-state index contributed by atoms with van der Waals surface area (Å²) in [4.78, 5) is 9.62. The van der Waals surface area contributed by atoms with E-state index in [1.54, 1.807) is 0 Å². The summed E-state index contributed by atoms with van der Waals surface area (Å²) in [5.41, 5.74) is 6.12. The summed E-state index contributed by atoms with van der Waals surface area (Å²) in [7, 11) is 2.20. The lowest BCUT2D eigenvalue weighted by Gasteiger charge is -2.39. The smallest absolute Gasteiger partial charge is 0.188 e. The highest BCUT2D eigenvalue weighted by atomic mass is 127. The molecule has 1 aliphatic rings. The molecule has 0 spiro atoms. The second-order valence-electron chi connectivity index (χ2n) is 8.25. The maximum atomic E-state index is 6.12. The Labute approximate surface area is 173 Å². The van der Waals surface area contributed by atoms with E-state index in [1.165, 1.54) is 12.8 Å². The Kier molecular flexibility index (Phi) is 13.1. The Bertz CT molecular complexity index is 365. The van der Waals surface area contributed by atoms with Crippen LogP contribution in [0.3, 0.4) is 0 Å². The predicted octanol–water partition coefficient (Wildman–Crippen LogP) is 3.00. The average Bonchev–Trinajstić information content (AvgIpc) is 2.48. The fourth-order valence-electron chi connectivity index (χ4n) is 3.30. The van der Waals surface area contributed by atoms with Gasteiger partial charge < -0.3 is 16.0 Å². The quantitative estimate of drug-likeness (QED) is 0.311. The number of nitrogens with one attached hydrogen (secondary N) is 1. The summed E-state index contributed by atoms with van der Waals surface area (Å²) in [6.07, 6.45) is 3.68. The lowest BCUT2D eigenvalue weighted by molar-refractivity contribution is 0.0925. The number of piperazine rings is 1. The number of likely N-dealkylation sites (N-methyl/N-ethyl adjacent to an activating group) is 1. The Balaban J connectivity index is 0.00000576. The van der Waals surface area contributed by atoms with Gasteiger partial charge in [-0.3, -0.25) is 9.89 Å². The van der Waals surface area contributed by atoms with Crippen molar-refractivity contribution in [2.24, 2.45) is 22.6 Å². The molecule has 1 aliphatic heterocycles. The van der Waals surface area contributed by atoms with Crippen LogP contribution in [-0.2, 0) is 0 Å². The van der Waals surface area contributed by atoms with Crippen molar-refractivity contribution in [1.82, 2.24) is 15.1 Å². The molecule has 0 bridgehead atoms. The van der Waals surface area contributed by atoms with Gasteiger partial charge in [-0.2, -0.15) is 0 Å². The third-order valence-electron chi connectivity index (χ3n) is 5.04. The molecular weight excluding hydrogens is 425 g/mol. The fraction of sp³-hybridized carbons (Fsp3) is 0.947. The van der Waals surface area contributed by atoms with E-state index >= 15 is 0 Å². The van der Waals surface area contributed by atoms with Crippen LogP contribution in [0.4, 0.5) is 0 Å². The first-order valence-electron chi connectivity index (χ1n) is 9.78. The average molecular weight is 467 g/mol. The van der Waals surface area contributed by atoms with Crippen molar-refractivity contribution in [2.45, 2.75) is 66.0 Å². The van der Waals surface area contributed by atoms with E-state index in [9.17, 15) is 0 Å². The number of halogens is 1. The number of aliphatic imine (C=N–C) groups is 1. The summed E-state index contributed by atoms with van der Waals surface area (Å²) in [5.74, 6) is 1.97. The molecule has 2 atom stereocenters. The summed E-state index contributed by atoms with van der Waals surface area (Å²) >= 11 is 0. The van der Waals surface area contributed by atoms with Gasteiger partial charge in [0.1, 0.15) is 0 Å². The predicted molar refractivity (Wildman–Crippen MR) is 121 cm³/mol. The van der Waals surface area contributed by atoms with Crippen LogP contribution in [0.5, 0.6) is 0 Å². The van der Waals surface area contributed by atoms with Crippen molar-refractivity contribution < 1.29 is 0 Å². The maximum Gasteiger partial charge on any atom is 0.188 e. The first kappa shape index (κ1) is 24.9. The number of hydrogen-bond acceptors (Lipinski definition) is 3. The molecule has 2 unspecified atom stereocenters. The molecule has 1 fully saturated rings. The molecule has 150 valence electrons. The summed E-state index contributed by atoms with van der Waals surface area (Å²) < 4.78 is 0. The number of nitrogens with two attached hydrogens (primary N) is 1. The maximum absolute atomic E-state index is 6.12. The Morgan fingerprint density at radius 3 is 2.16 bits per heavy atom. The van der Waals surface area contributed by atoms with Gasteiger partial charge in [0.25, 0.3) is 0 Å². The molecule has 1 rings (SSSR count). The molecule has 6 heteroatoms. The van der Waals surface area contributed by atoms with Gasteiger partial charge in [-0.25, -0.2) is 0 Å². The highest BCUT2D eigenvalue weighted by Crippen LogP contribution is 2.14. The van der Waals surface area contributed by atoms with Crippen LogP contribution in [0, 0.1) is 11.8 Å². The third kappa shape index (κ3) is 10.6. The standard InChI is InChI=1S/C19H41N5.HI/c1-15(2)8-7-9-17(5)22-19(20)21-14-18(16(3)4)24-12-10-23(6)11-13-24;/h15-18H,7-14H2,1-6H3,(H3,20,21,22);1H. The van der Waals surface area contributed by atoms with Gasteiger partial charge in [-0.05, 0) is 32.2 Å². The summed E-state index contributed by atoms with van der Waals surface area (Å²) in [5, 5.41) is 3.36. The third-order valence-corrected chi connectivity index (χ3v) is 5.04. The van der Waals surface area contributed by atoms with Crippen molar-refractivity contribution in [1.29, 1.82) is 0 Å². The zero-order chi connectivity index (χ0) is 18.1. The fourth-order valence-corrected chi connectivity index (χ4v) is 3.30. The first-order valence-corrected chi connectivity index (χ1v) is 9.78. The van der Waals surface area contributed by atoms with Crippen LogP contribution in [0.1, 0.15) is 53.9 Å². The van der Waals surface area contributed by atoms with Gasteiger partial charge in [0.15, 0.2) is 5.96 Å². The Morgan fingerprint density at radius 2 is 1.64 bits per heavy atom. The largest absolute Gasteiger partial charge is 0.370 e. The van der Waals surface area contributed by atoms with Gasteiger partial charge in [-0.1, -0.05) is 40.5 Å². The van der Waals surface area contributed by atoms with E-state index in [2.05, 4.69) is 61.8 Å². The van der Waals surface area contributed by atoms with Crippen molar-refractivity contribution in [3.63, 3.8) is 0 Å². The number of nitrogens with zero attached hydrogens (tertiary/aromatic N) is 3. The van der Waals surface area contributed by atoms with E-state index in [4.69, 9.17) is 5.73 Å². The Hall–Kier alpha value is -0.0800. The van der Waals surface area contributed by atoms with E-state index < -0.39 is 0 Å². The lowest BCUT2D eigenvalue weighted by atomic mass is 10.0. The highest BCUT2D eigenvalue weighted by molar-refractivity contribution is 14.0. The molecule has 25 heavy (non-hydrogen) atoms. The van der Waals surface area contributed by atoms with Crippen LogP contribution >= 0.6 is 24.0 Å². The lowest BCUT2D eigenvalue weighted by Crippen LogP contribution is -2.52. The second-order valence-corrected chi connectivity index (χ2v) is 8.25. The summed E-state index contributed by atoms with van der Waals surface area (Å²) in [6, 6.07) is 0.879. The molecule has 0 aromatic carbocycles. The van der Waals surface area contributed by atoms with Crippen LogP contribution in [0.2, 0.25) is 0 Å². The van der Waals surface area contributed by atoms with Crippen molar-refractivity contribution in [3.8, 4) is 0 Å². The SMILES string of the molecule is CC(C)CCCC(C)NC(N)=NCC(C(C)C)N1CCN(C)CC1.I. The first-order chi connectivity index (χ1) is 11.3. The van der Waals surface area contributed by atoms with Crippen LogP contribution in [-0.4, -0.2) is 67.6 Å². The molecule has 1 saturated heterocycles. The molecule has 1 heterocycles. The van der Waals surface area contributed by atoms with Crippen molar-refractivity contribution >= 4 is 29.9 Å². The van der Waals surface area contributed by atoms with E-state index in [0.29, 0.717) is 24.0 Å². The number of rotatable bonds is 9. The molecule has 0 radical (unpaired) electrons. The zero-order valence-corrected chi connectivity index (χ0v) is 19.6. The molecule has 3 N–H and O–H groups in total. The van der Waals surface area contributed by atoms with Crippen LogP contribution in [0.15, 0.2) is 4.99 Å². The molecule has 0 aliphatic carbocycles. The van der Waals surface area contributed by atoms with E-state index in [-0.39, 0.29) is 24.0 Å². The van der Waals surface area contributed by atoms with E-state index in [1.807, 2.05) is 0 Å². The van der Waals surface area contributed by atoms with Crippen LogP contribution in [0.25, 0.3) is 0 Å². The molecule has 5 nitrogen and oxygen atoms in total. The summed E-state index contributed by atoms with van der Waals surface area (Å²) in [6.45, 7) is 16.7. The monoisotopic (exact) mass is 467 g/mol. The van der Waals surface area contributed by atoms with Gasteiger partial charge >= 0.3 is 0 Å². The second kappa shape index (κ2) is 13.1. The minimum atomic E-state index is 0.